The van der Waals surface area contributed by atoms with Gasteiger partial charge in [-0.2, -0.15) is 13.2 Å². The maximum Gasteiger partial charge on any atom is 0.471 e. The SMILES string of the molecule is O=C(NCc1ccc2c(c1)CCCO2)C(F)(F)F. The van der Waals surface area contributed by atoms with Crippen molar-refractivity contribution in [2.24, 2.45) is 0 Å². The third kappa shape index (κ3) is 2.94. The van der Waals surface area contributed by atoms with E-state index in [1.54, 1.807) is 18.2 Å². The monoisotopic (exact) mass is 259 g/mol. The fourth-order valence-corrected chi connectivity index (χ4v) is 1.81. The van der Waals surface area contributed by atoms with E-state index in [2.05, 4.69) is 0 Å². The zero-order valence-corrected chi connectivity index (χ0v) is 9.51. The van der Waals surface area contributed by atoms with Gasteiger partial charge in [-0.25, -0.2) is 0 Å². The number of amides is 1. The Morgan fingerprint density at radius 3 is 2.89 bits per heavy atom. The third-order valence-corrected chi connectivity index (χ3v) is 2.68. The van der Waals surface area contributed by atoms with Crippen LogP contribution in [-0.2, 0) is 17.8 Å². The summed E-state index contributed by atoms with van der Waals surface area (Å²) >= 11 is 0. The van der Waals surface area contributed by atoms with E-state index in [4.69, 9.17) is 4.74 Å². The van der Waals surface area contributed by atoms with E-state index in [0.717, 1.165) is 24.2 Å². The Kier molecular flexibility index (Phi) is 3.45. The second kappa shape index (κ2) is 4.88. The fraction of sp³-hybridized carbons (Fsp3) is 0.417. The van der Waals surface area contributed by atoms with Crippen molar-refractivity contribution in [3.05, 3.63) is 29.3 Å². The first-order valence-electron chi connectivity index (χ1n) is 5.56. The smallest absolute Gasteiger partial charge is 0.471 e. The molecule has 6 heteroatoms. The van der Waals surface area contributed by atoms with Crippen LogP contribution in [-0.4, -0.2) is 18.7 Å². The standard InChI is InChI=1S/C12H12F3NO2/c13-12(14,15)11(17)16-7-8-3-4-10-9(6-8)2-1-5-18-10/h3-4,6H,1-2,5,7H2,(H,16,17). The Morgan fingerprint density at radius 2 is 2.17 bits per heavy atom. The minimum Gasteiger partial charge on any atom is -0.493 e. The molecule has 1 aromatic carbocycles. The molecule has 0 saturated carbocycles. The molecule has 0 saturated heterocycles. The van der Waals surface area contributed by atoms with Crippen LogP contribution in [0.25, 0.3) is 0 Å². The predicted molar refractivity (Wildman–Crippen MR) is 58.2 cm³/mol. The van der Waals surface area contributed by atoms with Gasteiger partial charge in [-0.15, -0.1) is 0 Å². The number of fused-ring (bicyclic) bond motifs is 1. The highest BCUT2D eigenvalue weighted by Gasteiger charge is 2.38. The molecule has 1 N–H and O–H groups in total. The van der Waals surface area contributed by atoms with Gasteiger partial charge in [0.15, 0.2) is 0 Å². The zero-order valence-electron chi connectivity index (χ0n) is 9.51. The molecule has 0 aliphatic carbocycles. The molecule has 1 aromatic rings. The van der Waals surface area contributed by atoms with E-state index in [9.17, 15) is 18.0 Å². The number of carbonyl (C=O) groups excluding carboxylic acids is 1. The summed E-state index contributed by atoms with van der Waals surface area (Å²) < 4.78 is 41.4. The largest absolute Gasteiger partial charge is 0.493 e. The van der Waals surface area contributed by atoms with Crippen LogP contribution in [0.2, 0.25) is 0 Å². The van der Waals surface area contributed by atoms with Gasteiger partial charge in [0.2, 0.25) is 0 Å². The molecule has 0 atom stereocenters. The summed E-state index contributed by atoms with van der Waals surface area (Å²) in [6, 6.07) is 5.15. The minimum atomic E-state index is -4.84. The highest BCUT2D eigenvalue weighted by Crippen LogP contribution is 2.25. The van der Waals surface area contributed by atoms with Crippen LogP contribution < -0.4 is 10.1 Å². The first-order chi connectivity index (χ1) is 8.47. The second-order valence-corrected chi connectivity index (χ2v) is 4.07. The molecular formula is C12H12F3NO2. The first-order valence-corrected chi connectivity index (χ1v) is 5.56. The Hall–Kier alpha value is -1.72. The lowest BCUT2D eigenvalue weighted by Gasteiger charge is -2.18. The van der Waals surface area contributed by atoms with E-state index >= 15 is 0 Å². The molecule has 1 amide bonds. The minimum absolute atomic E-state index is 0.133. The summed E-state index contributed by atoms with van der Waals surface area (Å²) in [4.78, 5) is 10.7. The molecule has 0 fully saturated rings. The number of rotatable bonds is 2. The summed E-state index contributed by atoms with van der Waals surface area (Å²) in [5.41, 5.74) is 1.61. The van der Waals surface area contributed by atoms with E-state index in [-0.39, 0.29) is 6.54 Å². The molecule has 1 heterocycles. The highest BCUT2D eigenvalue weighted by molar-refractivity contribution is 5.81. The summed E-state index contributed by atoms with van der Waals surface area (Å²) in [5.74, 6) is -1.15. The normalized spacial score (nSPS) is 14.6. The fourth-order valence-electron chi connectivity index (χ4n) is 1.81. The van der Waals surface area contributed by atoms with E-state index in [0.29, 0.717) is 12.2 Å². The number of benzene rings is 1. The average Bonchev–Trinajstić information content (AvgIpc) is 2.34. The zero-order chi connectivity index (χ0) is 13.2. The molecular weight excluding hydrogens is 247 g/mol. The molecule has 0 spiro atoms. The van der Waals surface area contributed by atoms with Crippen LogP contribution in [0, 0.1) is 0 Å². The molecule has 0 aromatic heterocycles. The molecule has 0 radical (unpaired) electrons. The number of ether oxygens (including phenoxy) is 1. The number of hydrogen-bond acceptors (Lipinski definition) is 2. The van der Waals surface area contributed by atoms with Crippen LogP contribution in [0.15, 0.2) is 18.2 Å². The number of carbonyl (C=O) groups is 1. The third-order valence-electron chi connectivity index (χ3n) is 2.68. The van der Waals surface area contributed by atoms with E-state index < -0.39 is 12.1 Å². The molecule has 0 bridgehead atoms. The molecule has 98 valence electrons. The van der Waals surface area contributed by atoms with Gasteiger partial charge in [-0.1, -0.05) is 12.1 Å². The van der Waals surface area contributed by atoms with Gasteiger partial charge in [0, 0.05) is 6.54 Å². The van der Waals surface area contributed by atoms with Crippen molar-refractivity contribution in [1.82, 2.24) is 5.32 Å². The van der Waals surface area contributed by atoms with Crippen LogP contribution in [0.4, 0.5) is 13.2 Å². The molecule has 3 nitrogen and oxygen atoms in total. The van der Waals surface area contributed by atoms with Gasteiger partial charge >= 0.3 is 12.1 Å². The van der Waals surface area contributed by atoms with Crippen LogP contribution in [0.3, 0.4) is 0 Å². The van der Waals surface area contributed by atoms with Crippen molar-refractivity contribution in [2.45, 2.75) is 25.6 Å². The summed E-state index contributed by atoms with van der Waals surface area (Å²) in [6.45, 7) is 0.531. The van der Waals surface area contributed by atoms with E-state index in [1.807, 2.05) is 5.32 Å². The topological polar surface area (TPSA) is 38.3 Å². The molecule has 2 rings (SSSR count). The van der Waals surface area contributed by atoms with Crippen molar-refractivity contribution in [1.29, 1.82) is 0 Å². The first kappa shape index (κ1) is 12.7. The molecule has 1 aliphatic rings. The maximum atomic E-state index is 12.0. The number of aryl methyl sites for hydroxylation is 1. The number of alkyl halides is 3. The predicted octanol–water partition coefficient (Wildman–Crippen LogP) is 2.19. The highest BCUT2D eigenvalue weighted by atomic mass is 19.4. The number of halogens is 3. The summed E-state index contributed by atoms with van der Waals surface area (Å²) in [5, 5.41) is 1.84. The quantitative estimate of drug-likeness (QED) is 0.884. The van der Waals surface area contributed by atoms with E-state index in [1.165, 1.54) is 0 Å². The van der Waals surface area contributed by atoms with Gasteiger partial charge in [-0.3, -0.25) is 4.79 Å². The Balaban J connectivity index is 2.00. The lowest BCUT2D eigenvalue weighted by molar-refractivity contribution is -0.173. The Bertz CT molecular complexity index is 457. The van der Waals surface area contributed by atoms with Crippen molar-refractivity contribution in [2.75, 3.05) is 6.61 Å². The Morgan fingerprint density at radius 1 is 1.39 bits per heavy atom. The maximum absolute atomic E-state index is 12.0. The van der Waals surface area contributed by atoms with Gasteiger partial charge in [0.05, 0.1) is 6.61 Å². The summed E-state index contributed by atoms with van der Waals surface area (Å²) in [6.07, 6.45) is -3.10. The molecule has 18 heavy (non-hydrogen) atoms. The Labute approximate surface area is 102 Å². The molecule has 0 unspecified atom stereocenters. The van der Waals surface area contributed by atoms with Gasteiger partial charge in [-0.05, 0) is 30.0 Å². The lowest BCUT2D eigenvalue weighted by Crippen LogP contribution is -2.36. The molecule has 1 aliphatic heterocycles. The van der Waals surface area contributed by atoms with Gasteiger partial charge in [0.25, 0.3) is 0 Å². The van der Waals surface area contributed by atoms with Gasteiger partial charge < -0.3 is 10.1 Å². The number of hydrogen-bond donors (Lipinski definition) is 1. The summed E-state index contributed by atoms with van der Waals surface area (Å²) in [7, 11) is 0. The average molecular weight is 259 g/mol. The van der Waals surface area contributed by atoms with Crippen molar-refractivity contribution in [3.8, 4) is 5.75 Å². The van der Waals surface area contributed by atoms with Crippen molar-refractivity contribution < 1.29 is 22.7 Å². The van der Waals surface area contributed by atoms with Crippen LogP contribution >= 0.6 is 0 Å². The van der Waals surface area contributed by atoms with Crippen LogP contribution in [0.1, 0.15) is 17.5 Å². The number of nitrogens with one attached hydrogen (secondary N) is 1. The van der Waals surface area contributed by atoms with Crippen molar-refractivity contribution in [3.63, 3.8) is 0 Å². The lowest BCUT2D eigenvalue weighted by atomic mass is 10.0. The second-order valence-electron chi connectivity index (χ2n) is 4.07. The van der Waals surface area contributed by atoms with Crippen LogP contribution in [0.5, 0.6) is 5.75 Å². The van der Waals surface area contributed by atoms with Crippen molar-refractivity contribution >= 4 is 5.91 Å². The van der Waals surface area contributed by atoms with Gasteiger partial charge in [0.1, 0.15) is 5.75 Å².